The van der Waals surface area contributed by atoms with E-state index < -0.39 is 0 Å². The number of nitrogens with two attached hydrogens (primary N) is 1. The maximum Gasteiger partial charge on any atom is 0.125 e. The molecule has 25 heavy (non-hydrogen) atoms. The van der Waals surface area contributed by atoms with Gasteiger partial charge in [0, 0.05) is 37.0 Å². The minimum atomic E-state index is 0.0315. The van der Waals surface area contributed by atoms with Gasteiger partial charge in [-0.1, -0.05) is 6.42 Å². The number of aromatic nitrogens is 2. The van der Waals surface area contributed by atoms with Gasteiger partial charge in [-0.3, -0.25) is 0 Å². The lowest BCUT2D eigenvalue weighted by Gasteiger charge is -2.29. The van der Waals surface area contributed by atoms with Crippen molar-refractivity contribution in [3.63, 3.8) is 0 Å². The molecule has 2 aliphatic rings. The van der Waals surface area contributed by atoms with Crippen LogP contribution in [0.4, 0.5) is 0 Å². The Morgan fingerprint density at radius 3 is 2.68 bits per heavy atom. The van der Waals surface area contributed by atoms with Crippen LogP contribution in [-0.2, 0) is 11.3 Å². The minimum Gasteiger partial charge on any atom is -0.379 e. The monoisotopic (exact) mass is 348 g/mol. The van der Waals surface area contributed by atoms with Crippen LogP contribution in [0.5, 0.6) is 0 Å². The van der Waals surface area contributed by atoms with Gasteiger partial charge in [-0.05, 0) is 65.3 Å². The van der Waals surface area contributed by atoms with Crippen molar-refractivity contribution in [2.24, 2.45) is 5.73 Å². The zero-order valence-corrected chi connectivity index (χ0v) is 16.0. The summed E-state index contributed by atoms with van der Waals surface area (Å²) in [6, 6.07) is 0.583. The fourth-order valence-electron chi connectivity index (χ4n) is 4.67. The molecule has 3 rings (SSSR count). The number of imidazole rings is 1. The first-order valence-electron chi connectivity index (χ1n) is 10.4. The Morgan fingerprint density at radius 1 is 1.24 bits per heavy atom. The number of rotatable bonds is 7. The molecule has 2 fully saturated rings. The molecule has 1 unspecified atom stereocenters. The van der Waals surface area contributed by atoms with Crippen LogP contribution in [0.25, 0.3) is 0 Å². The summed E-state index contributed by atoms with van der Waals surface area (Å²) in [7, 11) is 0. The molecule has 1 aromatic rings. The van der Waals surface area contributed by atoms with E-state index in [1.54, 1.807) is 0 Å². The molecular formula is C20H36N4O. The molecule has 142 valence electrons. The maximum atomic E-state index is 6.56. The molecule has 1 aliphatic carbocycles. The van der Waals surface area contributed by atoms with Crippen LogP contribution >= 0.6 is 0 Å². The van der Waals surface area contributed by atoms with Crippen LogP contribution in [0.3, 0.4) is 0 Å². The molecule has 2 heterocycles. The molecule has 1 saturated heterocycles. The molecule has 3 N–H and O–H groups in total. The highest BCUT2D eigenvalue weighted by atomic mass is 16.5. The summed E-state index contributed by atoms with van der Waals surface area (Å²) in [6.45, 7) is 7.23. The fourth-order valence-corrected chi connectivity index (χ4v) is 4.67. The molecule has 0 spiro atoms. The predicted octanol–water partition coefficient (Wildman–Crippen LogP) is 3.50. The Bertz CT molecular complexity index is 516. The summed E-state index contributed by atoms with van der Waals surface area (Å²) in [5.41, 5.74) is 7.95. The summed E-state index contributed by atoms with van der Waals surface area (Å²) in [5.74, 6) is 1.69. The first-order valence-corrected chi connectivity index (χ1v) is 10.4. The molecule has 1 aliphatic heterocycles. The highest BCUT2D eigenvalue weighted by Gasteiger charge is 2.27. The van der Waals surface area contributed by atoms with E-state index in [1.807, 2.05) is 0 Å². The summed E-state index contributed by atoms with van der Waals surface area (Å²) >= 11 is 0. The zero-order chi connectivity index (χ0) is 17.6. The summed E-state index contributed by atoms with van der Waals surface area (Å²) in [4.78, 5) is 4.76. The molecule has 2 atom stereocenters. The smallest absolute Gasteiger partial charge is 0.125 e. The van der Waals surface area contributed by atoms with Crippen LogP contribution < -0.4 is 11.1 Å². The normalized spacial score (nSPS) is 28.8. The largest absolute Gasteiger partial charge is 0.379 e. The Labute approximate surface area is 152 Å². The molecular weight excluding hydrogens is 312 g/mol. The van der Waals surface area contributed by atoms with Crippen molar-refractivity contribution in [3.8, 4) is 0 Å². The number of piperidine rings is 1. The predicted molar refractivity (Wildman–Crippen MR) is 102 cm³/mol. The van der Waals surface area contributed by atoms with E-state index in [9.17, 15) is 0 Å². The topological polar surface area (TPSA) is 65.1 Å². The van der Waals surface area contributed by atoms with Crippen LogP contribution in [0.1, 0.15) is 88.7 Å². The standard InChI is InChI=1S/C20H36N4O/c1-3-24-19(15-8-10-17(11-9-15)25-4-2)14-23-20(24)18(21)13-16-7-5-6-12-22-16/h14-18,22H,3-13,21H2,1-2H3/t15?,16?,17?,18-/m0/s1. The van der Waals surface area contributed by atoms with Crippen molar-refractivity contribution in [1.82, 2.24) is 14.9 Å². The SMILES string of the molecule is CCOC1CCC(c2cnc([C@@H](N)CC3CCCCN3)n2CC)CC1. The van der Waals surface area contributed by atoms with Crippen molar-refractivity contribution in [1.29, 1.82) is 0 Å². The van der Waals surface area contributed by atoms with Gasteiger partial charge in [0.05, 0.1) is 12.1 Å². The zero-order valence-electron chi connectivity index (χ0n) is 16.0. The highest BCUT2D eigenvalue weighted by Crippen LogP contribution is 2.35. The lowest BCUT2D eigenvalue weighted by Crippen LogP contribution is -2.37. The second kappa shape index (κ2) is 9.15. The van der Waals surface area contributed by atoms with E-state index in [4.69, 9.17) is 15.5 Å². The van der Waals surface area contributed by atoms with Crippen LogP contribution in [-0.4, -0.2) is 34.8 Å². The Hall–Kier alpha value is -0.910. The number of ether oxygens (including phenoxy) is 1. The van der Waals surface area contributed by atoms with Gasteiger partial charge in [0.1, 0.15) is 5.82 Å². The van der Waals surface area contributed by atoms with E-state index in [0.717, 1.165) is 31.9 Å². The number of hydrogen-bond acceptors (Lipinski definition) is 4. The summed E-state index contributed by atoms with van der Waals surface area (Å²) in [5, 5.41) is 3.61. The van der Waals surface area contributed by atoms with Crippen molar-refractivity contribution in [2.45, 2.75) is 95.9 Å². The lowest BCUT2D eigenvalue weighted by molar-refractivity contribution is 0.0323. The van der Waals surface area contributed by atoms with Gasteiger partial charge < -0.3 is 20.4 Å². The molecule has 0 aromatic carbocycles. The molecule has 0 amide bonds. The maximum absolute atomic E-state index is 6.56. The molecule has 0 radical (unpaired) electrons. The Balaban J connectivity index is 1.64. The van der Waals surface area contributed by atoms with E-state index in [1.165, 1.54) is 50.6 Å². The molecule has 5 heteroatoms. The minimum absolute atomic E-state index is 0.0315. The van der Waals surface area contributed by atoms with Gasteiger partial charge >= 0.3 is 0 Å². The average molecular weight is 349 g/mol. The van der Waals surface area contributed by atoms with Crippen LogP contribution in [0.15, 0.2) is 6.20 Å². The van der Waals surface area contributed by atoms with E-state index in [0.29, 0.717) is 18.1 Å². The van der Waals surface area contributed by atoms with Crippen molar-refractivity contribution in [2.75, 3.05) is 13.2 Å². The third-order valence-electron chi connectivity index (χ3n) is 6.01. The summed E-state index contributed by atoms with van der Waals surface area (Å²) < 4.78 is 8.19. The van der Waals surface area contributed by atoms with Crippen LogP contribution in [0.2, 0.25) is 0 Å². The molecule has 0 bridgehead atoms. The number of nitrogens with zero attached hydrogens (tertiary/aromatic N) is 2. The van der Waals surface area contributed by atoms with Gasteiger partial charge in [-0.25, -0.2) is 4.98 Å². The van der Waals surface area contributed by atoms with Crippen molar-refractivity contribution >= 4 is 0 Å². The van der Waals surface area contributed by atoms with Gasteiger partial charge in [0.25, 0.3) is 0 Å². The number of nitrogens with one attached hydrogen (secondary N) is 1. The first kappa shape index (κ1) is 18.9. The third-order valence-corrected chi connectivity index (χ3v) is 6.01. The quantitative estimate of drug-likeness (QED) is 0.791. The van der Waals surface area contributed by atoms with Crippen molar-refractivity contribution < 1.29 is 4.74 Å². The fraction of sp³-hybridized carbons (Fsp3) is 0.850. The van der Waals surface area contributed by atoms with E-state index in [-0.39, 0.29) is 6.04 Å². The van der Waals surface area contributed by atoms with E-state index >= 15 is 0 Å². The van der Waals surface area contributed by atoms with Gasteiger partial charge in [-0.15, -0.1) is 0 Å². The van der Waals surface area contributed by atoms with Crippen molar-refractivity contribution in [3.05, 3.63) is 17.7 Å². The van der Waals surface area contributed by atoms with Gasteiger partial charge in [0.15, 0.2) is 0 Å². The second-order valence-electron chi connectivity index (χ2n) is 7.70. The number of hydrogen-bond donors (Lipinski definition) is 2. The average Bonchev–Trinajstić information content (AvgIpc) is 3.07. The Morgan fingerprint density at radius 2 is 2.04 bits per heavy atom. The van der Waals surface area contributed by atoms with Gasteiger partial charge in [-0.2, -0.15) is 0 Å². The summed E-state index contributed by atoms with van der Waals surface area (Å²) in [6.07, 6.45) is 12.1. The first-order chi connectivity index (χ1) is 12.2. The molecule has 1 saturated carbocycles. The molecule has 5 nitrogen and oxygen atoms in total. The van der Waals surface area contributed by atoms with Crippen LogP contribution in [0, 0.1) is 0 Å². The lowest BCUT2D eigenvalue weighted by atomic mass is 9.85. The third kappa shape index (κ3) is 4.63. The Kier molecular flexibility index (Phi) is 6.91. The van der Waals surface area contributed by atoms with Gasteiger partial charge in [0.2, 0.25) is 0 Å². The molecule has 1 aromatic heterocycles. The second-order valence-corrected chi connectivity index (χ2v) is 7.70. The highest BCUT2D eigenvalue weighted by molar-refractivity contribution is 5.14. The van der Waals surface area contributed by atoms with E-state index in [2.05, 4.69) is 29.9 Å².